The van der Waals surface area contributed by atoms with Crippen molar-refractivity contribution in [3.05, 3.63) is 54.2 Å². The molecule has 2 aromatic carbocycles. The molecule has 0 aliphatic carbocycles. The van der Waals surface area contributed by atoms with E-state index < -0.39 is 6.09 Å². The molecule has 4 rings (SSSR count). The Kier molecular flexibility index (Phi) is 4.49. The molecule has 0 bridgehead atoms. The van der Waals surface area contributed by atoms with Crippen LogP contribution in [0.15, 0.2) is 53.2 Å². The summed E-state index contributed by atoms with van der Waals surface area (Å²) in [5, 5.41) is 23.3. The lowest BCUT2D eigenvalue weighted by Crippen LogP contribution is -2.06. The number of hydrogen-bond donors (Lipinski definition) is 1. The quantitative estimate of drug-likeness (QED) is 0.545. The fourth-order valence-electron chi connectivity index (χ4n) is 3.01. The maximum absolute atomic E-state index is 11.2. The van der Waals surface area contributed by atoms with Gasteiger partial charge in [0.05, 0.1) is 17.2 Å². The number of hydrogen-bond acceptors (Lipinski definition) is 6. The summed E-state index contributed by atoms with van der Waals surface area (Å²) in [4.78, 5) is 15.6. The van der Waals surface area contributed by atoms with Gasteiger partial charge in [-0.25, -0.2) is 4.79 Å². The topological polar surface area (TPSA) is 114 Å². The van der Waals surface area contributed by atoms with Crippen LogP contribution in [0, 0.1) is 11.3 Å². The summed E-state index contributed by atoms with van der Waals surface area (Å²) in [6.07, 6.45) is 0.393. The van der Waals surface area contributed by atoms with Crippen LogP contribution in [0.1, 0.15) is 19.4 Å². The normalized spacial score (nSPS) is 11.0. The molecule has 0 unspecified atom stereocenters. The molecule has 0 fully saturated rings. The highest BCUT2D eigenvalue weighted by molar-refractivity contribution is 5.91. The molecule has 2 aromatic heterocycles. The lowest BCUT2D eigenvalue weighted by Gasteiger charge is -2.11. The van der Waals surface area contributed by atoms with Crippen LogP contribution in [0.2, 0.25) is 0 Å². The van der Waals surface area contributed by atoms with Crippen LogP contribution < -0.4 is 4.74 Å². The second kappa shape index (κ2) is 7.13. The van der Waals surface area contributed by atoms with E-state index in [4.69, 9.17) is 9.26 Å². The Morgan fingerprint density at radius 3 is 2.72 bits per heavy atom. The zero-order valence-electron chi connectivity index (χ0n) is 15.7. The van der Waals surface area contributed by atoms with Crippen molar-refractivity contribution in [3.8, 4) is 34.7 Å². The molecule has 0 atom stereocenters. The Bertz CT molecular complexity index is 1260. The van der Waals surface area contributed by atoms with E-state index in [1.54, 1.807) is 42.5 Å². The van der Waals surface area contributed by atoms with Crippen molar-refractivity contribution >= 4 is 17.0 Å². The predicted octanol–water partition coefficient (Wildman–Crippen LogP) is 4.54. The molecule has 0 amide bonds. The Labute approximate surface area is 165 Å². The molecule has 1 N–H and O–H groups in total. The number of carboxylic acid groups (broad SMARTS) is 1. The number of ether oxygens (including phenoxy) is 1. The van der Waals surface area contributed by atoms with E-state index in [0.29, 0.717) is 33.8 Å². The largest absolute Gasteiger partial charge is 0.490 e. The number of aromatic nitrogens is 3. The third kappa shape index (κ3) is 3.41. The Hall–Kier alpha value is -4.12. The predicted molar refractivity (Wildman–Crippen MR) is 105 cm³/mol. The number of carbonyl (C=O) groups is 1. The van der Waals surface area contributed by atoms with Gasteiger partial charge >= 0.3 is 6.09 Å². The molecular weight excluding hydrogens is 372 g/mol. The van der Waals surface area contributed by atoms with E-state index in [1.807, 2.05) is 13.8 Å². The Balaban J connectivity index is 1.67. The maximum atomic E-state index is 11.2. The molecule has 144 valence electrons. The Morgan fingerprint density at radius 1 is 1.21 bits per heavy atom. The van der Waals surface area contributed by atoms with Crippen LogP contribution in [0.3, 0.4) is 0 Å². The first-order valence-corrected chi connectivity index (χ1v) is 8.86. The minimum Gasteiger partial charge on any atom is -0.490 e. The number of nitrogens with zero attached hydrogens (tertiary/aromatic N) is 4. The highest BCUT2D eigenvalue weighted by atomic mass is 16.5. The van der Waals surface area contributed by atoms with Crippen molar-refractivity contribution in [2.75, 3.05) is 0 Å². The van der Waals surface area contributed by atoms with Crippen LogP contribution in [0.5, 0.6) is 5.75 Å². The van der Waals surface area contributed by atoms with Gasteiger partial charge in [-0.3, -0.25) is 4.57 Å². The summed E-state index contributed by atoms with van der Waals surface area (Å²) in [5.74, 6) is 1.14. The van der Waals surface area contributed by atoms with Crippen molar-refractivity contribution in [3.63, 3.8) is 0 Å². The summed E-state index contributed by atoms with van der Waals surface area (Å²) >= 11 is 0. The van der Waals surface area contributed by atoms with Gasteiger partial charge in [-0.2, -0.15) is 10.2 Å². The SMILES string of the molecule is CC(C)Oc1ccc(-c2nc(-c3ccc4c(ccn4C(=O)O)c3)no2)cc1C#N. The summed E-state index contributed by atoms with van der Waals surface area (Å²) in [6, 6.07) is 14.2. The molecule has 0 saturated heterocycles. The summed E-state index contributed by atoms with van der Waals surface area (Å²) in [7, 11) is 0. The summed E-state index contributed by atoms with van der Waals surface area (Å²) < 4.78 is 12.1. The fraction of sp³-hybridized carbons (Fsp3) is 0.143. The monoisotopic (exact) mass is 388 g/mol. The number of fused-ring (bicyclic) bond motifs is 1. The lowest BCUT2D eigenvalue weighted by atomic mass is 10.1. The van der Waals surface area contributed by atoms with Crippen LogP contribution in [0.25, 0.3) is 33.7 Å². The third-order valence-corrected chi connectivity index (χ3v) is 4.29. The first-order valence-electron chi connectivity index (χ1n) is 8.86. The lowest BCUT2D eigenvalue weighted by molar-refractivity contribution is 0.197. The number of benzene rings is 2. The summed E-state index contributed by atoms with van der Waals surface area (Å²) in [5.41, 5.74) is 2.25. The second-order valence-corrected chi connectivity index (χ2v) is 6.65. The van der Waals surface area contributed by atoms with E-state index in [0.717, 1.165) is 9.95 Å². The highest BCUT2D eigenvalue weighted by Gasteiger charge is 2.15. The maximum Gasteiger partial charge on any atom is 0.415 e. The van der Waals surface area contributed by atoms with E-state index >= 15 is 0 Å². The van der Waals surface area contributed by atoms with Gasteiger partial charge < -0.3 is 14.4 Å². The van der Waals surface area contributed by atoms with Crippen molar-refractivity contribution in [1.29, 1.82) is 5.26 Å². The average Bonchev–Trinajstić information content (AvgIpc) is 3.34. The standard InChI is InChI=1S/C21H16N4O4/c1-12(2)28-18-6-4-15(10-16(18)11-22)20-23-19(24-29-20)14-3-5-17-13(9-14)7-8-25(17)21(26)27/h3-10,12H,1-2H3,(H,26,27). The second-order valence-electron chi connectivity index (χ2n) is 6.65. The average molecular weight is 388 g/mol. The number of rotatable bonds is 4. The third-order valence-electron chi connectivity index (χ3n) is 4.29. The summed E-state index contributed by atoms with van der Waals surface area (Å²) in [6.45, 7) is 3.78. The van der Waals surface area contributed by atoms with Gasteiger partial charge in [-0.1, -0.05) is 5.16 Å². The van der Waals surface area contributed by atoms with Crippen molar-refractivity contribution in [2.45, 2.75) is 20.0 Å². The molecular formula is C21H16N4O4. The van der Waals surface area contributed by atoms with Gasteiger partial charge in [-0.05, 0) is 56.3 Å². The molecule has 8 heteroatoms. The highest BCUT2D eigenvalue weighted by Crippen LogP contribution is 2.29. The minimum atomic E-state index is -1.05. The Morgan fingerprint density at radius 2 is 2.00 bits per heavy atom. The van der Waals surface area contributed by atoms with Crippen LogP contribution in [-0.2, 0) is 0 Å². The van der Waals surface area contributed by atoms with Crippen LogP contribution in [0.4, 0.5) is 4.79 Å². The first-order chi connectivity index (χ1) is 14.0. The van der Waals surface area contributed by atoms with E-state index in [2.05, 4.69) is 16.2 Å². The minimum absolute atomic E-state index is 0.0473. The van der Waals surface area contributed by atoms with Crippen LogP contribution >= 0.6 is 0 Å². The molecule has 0 aliphatic heterocycles. The van der Waals surface area contributed by atoms with Gasteiger partial charge in [0.1, 0.15) is 11.8 Å². The van der Waals surface area contributed by atoms with Gasteiger partial charge in [0, 0.05) is 22.7 Å². The zero-order chi connectivity index (χ0) is 20.5. The van der Waals surface area contributed by atoms with Crippen molar-refractivity contribution in [1.82, 2.24) is 14.7 Å². The van der Waals surface area contributed by atoms with Gasteiger partial charge in [0.15, 0.2) is 0 Å². The molecule has 0 saturated carbocycles. The van der Waals surface area contributed by atoms with E-state index in [1.165, 1.54) is 6.20 Å². The fourth-order valence-corrected chi connectivity index (χ4v) is 3.01. The van der Waals surface area contributed by atoms with Crippen LogP contribution in [-0.4, -0.2) is 32.0 Å². The van der Waals surface area contributed by atoms with E-state index in [-0.39, 0.29) is 12.0 Å². The van der Waals surface area contributed by atoms with Crippen molar-refractivity contribution < 1.29 is 19.2 Å². The first kappa shape index (κ1) is 18.3. The molecule has 0 aliphatic rings. The molecule has 2 heterocycles. The molecule has 0 spiro atoms. The van der Waals surface area contributed by atoms with Crippen molar-refractivity contribution in [2.24, 2.45) is 0 Å². The van der Waals surface area contributed by atoms with Gasteiger partial charge in [-0.15, -0.1) is 0 Å². The van der Waals surface area contributed by atoms with E-state index in [9.17, 15) is 15.2 Å². The van der Waals surface area contributed by atoms with Gasteiger partial charge in [0.25, 0.3) is 5.89 Å². The molecule has 0 radical (unpaired) electrons. The molecule has 29 heavy (non-hydrogen) atoms. The smallest absolute Gasteiger partial charge is 0.415 e. The molecule has 8 nitrogen and oxygen atoms in total. The molecule has 4 aromatic rings. The zero-order valence-corrected chi connectivity index (χ0v) is 15.7. The van der Waals surface area contributed by atoms with Gasteiger partial charge in [0.2, 0.25) is 5.82 Å². The number of nitriles is 1.